The molecule has 3 aliphatic carbocycles. The van der Waals surface area contributed by atoms with Crippen molar-refractivity contribution in [3.05, 3.63) is 29.6 Å². The Bertz CT molecular complexity index is 482. The van der Waals surface area contributed by atoms with E-state index in [4.69, 9.17) is 0 Å². The molecule has 0 aliphatic heterocycles. The number of fused-ring (bicyclic) bond motifs is 5. The van der Waals surface area contributed by atoms with Crippen LogP contribution in [0.1, 0.15) is 49.8 Å². The molecule has 2 nitrogen and oxygen atoms in total. The molecule has 1 N–H and O–H groups in total. The summed E-state index contributed by atoms with van der Waals surface area (Å²) in [7, 11) is 0. The molecule has 5 unspecified atom stereocenters. The summed E-state index contributed by atoms with van der Waals surface area (Å²) in [5.41, 5.74) is 2.72. The van der Waals surface area contributed by atoms with Gasteiger partial charge in [0.2, 0.25) is 0 Å². The van der Waals surface area contributed by atoms with E-state index in [1.165, 1.54) is 30.4 Å². The van der Waals surface area contributed by atoms with Gasteiger partial charge in [-0.2, -0.15) is 0 Å². The molecule has 4 rings (SSSR count). The second-order valence-electron chi connectivity index (χ2n) is 7.29. The van der Waals surface area contributed by atoms with Crippen LogP contribution >= 0.6 is 0 Å². The molecule has 20 heavy (non-hydrogen) atoms. The van der Waals surface area contributed by atoms with Crippen molar-refractivity contribution < 1.29 is 0 Å². The lowest BCUT2D eigenvalue weighted by molar-refractivity contribution is 0.369. The third kappa shape index (κ3) is 1.92. The average Bonchev–Trinajstić information content (AvgIpc) is 2.87. The SMILES string of the molecule is CCCNC(c1cncc(C)c1)C1C2C3CCC(C3)C21. The van der Waals surface area contributed by atoms with Crippen LogP contribution in [0.15, 0.2) is 18.5 Å². The topological polar surface area (TPSA) is 24.9 Å². The molecule has 2 heteroatoms. The minimum atomic E-state index is 0.556. The number of aryl methyl sites for hydroxylation is 1. The van der Waals surface area contributed by atoms with Crippen LogP contribution in [0.3, 0.4) is 0 Å². The lowest BCUT2D eigenvalue weighted by atomic mass is 9.93. The molecule has 2 bridgehead atoms. The first kappa shape index (κ1) is 12.8. The summed E-state index contributed by atoms with van der Waals surface area (Å²) >= 11 is 0. The molecule has 3 aliphatic rings. The predicted molar refractivity (Wildman–Crippen MR) is 81.3 cm³/mol. The van der Waals surface area contributed by atoms with E-state index in [1.54, 1.807) is 6.42 Å². The average molecular weight is 270 g/mol. The van der Waals surface area contributed by atoms with Crippen LogP contribution in [0.25, 0.3) is 0 Å². The summed E-state index contributed by atoms with van der Waals surface area (Å²) in [6, 6.07) is 2.90. The van der Waals surface area contributed by atoms with Crippen LogP contribution < -0.4 is 5.32 Å². The Balaban J connectivity index is 1.57. The number of hydrogen-bond donors (Lipinski definition) is 1. The summed E-state index contributed by atoms with van der Waals surface area (Å²) < 4.78 is 0. The Kier molecular flexibility index (Phi) is 3.10. The molecule has 0 saturated heterocycles. The molecule has 0 radical (unpaired) electrons. The van der Waals surface area contributed by atoms with E-state index in [0.717, 1.165) is 36.1 Å². The standard InChI is InChI=1S/C18H26N2/c1-3-6-20-18(14-7-11(2)9-19-10-14)17-15-12-4-5-13(8-12)16(15)17/h7,9-10,12-13,15-18,20H,3-6,8H2,1-2H3. The zero-order chi connectivity index (χ0) is 13.7. The van der Waals surface area contributed by atoms with E-state index in [-0.39, 0.29) is 0 Å². The van der Waals surface area contributed by atoms with Gasteiger partial charge in [-0.25, -0.2) is 0 Å². The first-order valence-corrected chi connectivity index (χ1v) is 8.44. The van der Waals surface area contributed by atoms with Crippen molar-refractivity contribution in [2.45, 2.75) is 45.6 Å². The van der Waals surface area contributed by atoms with Crippen LogP contribution in [0.4, 0.5) is 0 Å². The molecule has 5 atom stereocenters. The summed E-state index contributed by atoms with van der Waals surface area (Å²) in [6.45, 7) is 5.55. The molecule has 1 aromatic heterocycles. The Morgan fingerprint density at radius 3 is 2.65 bits per heavy atom. The van der Waals surface area contributed by atoms with Crippen molar-refractivity contribution in [3.8, 4) is 0 Å². The monoisotopic (exact) mass is 270 g/mol. The Morgan fingerprint density at radius 2 is 2.00 bits per heavy atom. The number of nitrogens with zero attached hydrogens (tertiary/aromatic N) is 1. The van der Waals surface area contributed by atoms with Gasteiger partial charge in [0.15, 0.2) is 0 Å². The Morgan fingerprint density at radius 1 is 1.25 bits per heavy atom. The highest BCUT2D eigenvalue weighted by Crippen LogP contribution is 2.72. The molecule has 0 aromatic carbocycles. The molecule has 0 amide bonds. The van der Waals surface area contributed by atoms with Crippen molar-refractivity contribution in [2.24, 2.45) is 29.6 Å². The fourth-order valence-corrected chi connectivity index (χ4v) is 5.36. The summed E-state index contributed by atoms with van der Waals surface area (Å²) in [5, 5.41) is 3.83. The minimum Gasteiger partial charge on any atom is -0.310 e. The number of pyridine rings is 1. The fourth-order valence-electron chi connectivity index (χ4n) is 5.36. The lowest BCUT2D eigenvalue weighted by Gasteiger charge is -2.22. The first-order valence-electron chi connectivity index (χ1n) is 8.44. The van der Waals surface area contributed by atoms with Gasteiger partial charge in [-0.3, -0.25) is 4.98 Å². The smallest absolute Gasteiger partial charge is 0.0369 e. The van der Waals surface area contributed by atoms with Gasteiger partial charge in [0.1, 0.15) is 0 Å². The quantitative estimate of drug-likeness (QED) is 0.882. The number of nitrogens with one attached hydrogen (secondary N) is 1. The zero-order valence-corrected chi connectivity index (χ0v) is 12.7. The molecule has 1 aromatic rings. The lowest BCUT2D eigenvalue weighted by Crippen LogP contribution is -2.26. The normalized spacial score (nSPS) is 38.8. The van der Waals surface area contributed by atoms with Crippen LogP contribution in [-0.4, -0.2) is 11.5 Å². The first-order chi connectivity index (χ1) is 9.79. The fraction of sp³-hybridized carbons (Fsp3) is 0.722. The second kappa shape index (κ2) is 4.84. The van der Waals surface area contributed by atoms with Crippen LogP contribution in [-0.2, 0) is 0 Å². The van der Waals surface area contributed by atoms with E-state index in [2.05, 4.69) is 36.4 Å². The summed E-state index contributed by atoms with van der Waals surface area (Å²) in [5.74, 6) is 5.07. The van der Waals surface area contributed by atoms with E-state index in [0.29, 0.717) is 6.04 Å². The van der Waals surface area contributed by atoms with Gasteiger partial charge in [-0.1, -0.05) is 13.0 Å². The second-order valence-corrected chi connectivity index (χ2v) is 7.29. The highest BCUT2D eigenvalue weighted by atomic mass is 15.0. The van der Waals surface area contributed by atoms with Crippen molar-refractivity contribution in [3.63, 3.8) is 0 Å². The number of rotatable bonds is 5. The van der Waals surface area contributed by atoms with Gasteiger partial charge in [0.25, 0.3) is 0 Å². The van der Waals surface area contributed by atoms with Crippen molar-refractivity contribution in [1.82, 2.24) is 10.3 Å². The third-order valence-corrected chi connectivity index (χ3v) is 6.05. The van der Waals surface area contributed by atoms with Gasteiger partial charge in [0, 0.05) is 18.4 Å². The molecular formula is C18H26N2. The van der Waals surface area contributed by atoms with E-state index < -0.39 is 0 Å². The van der Waals surface area contributed by atoms with E-state index in [9.17, 15) is 0 Å². The van der Waals surface area contributed by atoms with Crippen LogP contribution in [0.5, 0.6) is 0 Å². The predicted octanol–water partition coefficient (Wildman–Crippen LogP) is 3.72. The molecule has 3 fully saturated rings. The van der Waals surface area contributed by atoms with E-state index in [1.807, 2.05) is 6.20 Å². The largest absolute Gasteiger partial charge is 0.310 e. The number of hydrogen-bond acceptors (Lipinski definition) is 2. The van der Waals surface area contributed by atoms with Crippen molar-refractivity contribution in [1.29, 1.82) is 0 Å². The van der Waals surface area contributed by atoms with Crippen molar-refractivity contribution >= 4 is 0 Å². The Labute approximate surface area is 122 Å². The highest BCUT2D eigenvalue weighted by molar-refractivity contribution is 5.26. The maximum Gasteiger partial charge on any atom is 0.0369 e. The van der Waals surface area contributed by atoms with Gasteiger partial charge in [-0.05, 0) is 79.9 Å². The van der Waals surface area contributed by atoms with Gasteiger partial charge >= 0.3 is 0 Å². The highest BCUT2D eigenvalue weighted by Gasteiger charge is 2.66. The summed E-state index contributed by atoms with van der Waals surface area (Å²) in [6.07, 6.45) is 9.83. The van der Waals surface area contributed by atoms with Crippen molar-refractivity contribution in [2.75, 3.05) is 6.54 Å². The third-order valence-electron chi connectivity index (χ3n) is 6.05. The maximum atomic E-state index is 4.43. The Hall–Kier alpha value is -0.890. The van der Waals surface area contributed by atoms with Gasteiger partial charge in [0.05, 0.1) is 0 Å². The van der Waals surface area contributed by atoms with E-state index >= 15 is 0 Å². The molecule has 3 saturated carbocycles. The minimum absolute atomic E-state index is 0.556. The van der Waals surface area contributed by atoms with Crippen LogP contribution in [0.2, 0.25) is 0 Å². The maximum absolute atomic E-state index is 4.43. The van der Waals surface area contributed by atoms with Gasteiger partial charge in [-0.15, -0.1) is 0 Å². The number of aromatic nitrogens is 1. The molecule has 1 heterocycles. The zero-order valence-electron chi connectivity index (χ0n) is 12.7. The molecular weight excluding hydrogens is 244 g/mol. The van der Waals surface area contributed by atoms with Crippen LogP contribution in [0, 0.1) is 36.5 Å². The summed E-state index contributed by atoms with van der Waals surface area (Å²) in [4.78, 5) is 4.43. The molecule has 108 valence electrons. The molecule has 0 spiro atoms. The van der Waals surface area contributed by atoms with Gasteiger partial charge < -0.3 is 5.32 Å².